The minimum Gasteiger partial charge on any atom is -0.341 e. The molecule has 158 valence electrons. The van der Waals surface area contributed by atoms with Crippen molar-refractivity contribution in [3.8, 4) is 0 Å². The van der Waals surface area contributed by atoms with E-state index in [2.05, 4.69) is 0 Å². The summed E-state index contributed by atoms with van der Waals surface area (Å²) in [4.78, 5) is 14.6. The molecule has 1 aromatic carbocycles. The maximum atomic E-state index is 12.8. The fraction of sp³-hybridized carbons (Fsp3) is 0.650. The van der Waals surface area contributed by atoms with E-state index in [9.17, 15) is 13.2 Å². The first-order chi connectivity index (χ1) is 13.0. The summed E-state index contributed by atoms with van der Waals surface area (Å²) in [6, 6.07) is 7.11. The normalized spacial score (nSPS) is 21.6. The number of hydrogen-bond acceptors (Lipinski definition) is 4. The van der Waals surface area contributed by atoms with Crippen molar-refractivity contribution in [3.63, 3.8) is 0 Å². The van der Waals surface area contributed by atoms with Gasteiger partial charge in [-0.25, -0.2) is 8.42 Å². The Balaban J connectivity index is 0.00000280. The molecule has 0 bridgehead atoms. The van der Waals surface area contributed by atoms with Crippen LogP contribution in [-0.2, 0) is 21.2 Å². The first kappa shape index (κ1) is 23.1. The highest BCUT2D eigenvalue weighted by molar-refractivity contribution is 7.89. The zero-order chi connectivity index (χ0) is 19.3. The number of carbonyl (C=O) groups is 1. The molecule has 0 aliphatic carbocycles. The third-order valence-corrected chi connectivity index (χ3v) is 7.48. The zero-order valence-electron chi connectivity index (χ0n) is 16.4. The van der Waals surface area contributed by atoms with E-state index in [0.717, 1.165) is 50.6 Å². The number of likely N-dealkylation sites (tertiary alicyclic amines) is 1. The predicted molar refractivity (Wildman–Crippen MR) is 113 cm³/mol. The number of halogens is 1. The Morgan fingerprint density at radius 2 is 1.64 bits per heavy atom. The zero-order valence-corrected chi connectivity index (χ0v) is 18.0. The molecule has 1 atom stereocenters. The molecule has 0 aromatic heterocycles. The van der Waals surface area contributed by atoms with Crippen LogP contribution in [0.1, 0.15) is 50.5 Å². The van der Waals surface area contributed by atoms with Crippen LogP contribution in [0.15, 0.2) is 29.2 Å². The van der Waals surface area contributed by atoms with Crippen LogP contribution in [0.2, 0.25) is 0 Å². The summed E-state index contributed by atoms with van der Waals surface area (Å²) in [5.41, 5.74) is 6.93. The van der Waals surface area contributed by atoms with Crippen molar-refractivity contribution in [2.45, 2.75) is 62.3 Å². The molecular weight excluding hydrogens is 398 g/mol. The van der Waals surface area contributed by atoms with Gasteiger partial charge in [-0.15, -0.1) is 12.4 Å². The quantitative estimate of drug-likeness (QED) is 0.779. The highest BCUT2D eigenvalue weighted by Crippen LogP contribution is 2.21. The molecule has 0 saturated carbocycles. The largest absolute Gasteiger partial charge is 0.341 e. The second-order valence-corrected chi connectivity index (χ2v) is 9.64. The number of carbonyl (C=O) groups excluding carboxylic acids is 1. The van der Waals surface area contributed by atoms with Gasteiger partial charge in [0.2, 0.25) is 15.9 Å². The van der Waals surface area contributed by atoms with Crippen LogP contribution in [0.25, 0.3) is 0 Å². The van der Waals surface area contributed by atoms with Crippen molar-refractivity contribution < 1.29 is 13.2 Å². The van der Waals surface area contributed by atoms with Gasteiger partial charge in [-0.05, 0) is 49.8 Å². The molecule has 0 spiro atoms. The van der Waals surface area contributed by atoms with Crippen molar-refractivity contribution in [1.82, 2.24) is 9.21 Å². The number of nitrogens with two attached hydrogens (primary N) is 1. The van der Waals surface area contributed by atoms with E-state index in [1.165, 1.54) is 0 Å². The van der Waals surface area contributed by atoms with Crippen LogP contribution >= 0.6 is 12.4 Å². The van der Waals surface area contributed by atoms with E-state index in [-0.39, 0.29) is 24.4 Å². The van der Waals surface area contributed by atoms with Crippen molar-refractivity contribution in [2.24, 2.45) is 5.73 Å². The molecule has 8 heteroatoms. The Labute approximate surface area is 174 Å². The lowest BCUT2D eigenvalue weighted by molar-refractivity contribution is -0.132. The van der Waals surface area contributed by atoms with E-state index >= 15 is 0 Å². The van der Waals surface area contributed by atoms with Crippen LogP contribution in [0, 0.1) is 0 Å². The Morgan fingerprint density at radius 3 is 2.25 bits per heavy atom. The molecule has 2 aliphatic heterocycles. The van der Waals surface area contributed by atoms with E-state index in [0.29, 0.717) is 37.4 Å². The molecular formula is C20H32ClN3O3S. The highest BCUT2D eigenvalue weighted by Gasteiger charge is 2.25. The van der Waals surface area contributed by atoms with Gasteiger partial charge in [-0.2, -0.15) is 4.31 Å². The monoisotopic (exact) mass is 429 g/mol. The number of amides is 1. The van der Waals surface area contributed by atoms with Crippen LogP contribution < -0.4 is 5.73 Å². The van der Waals surface area contributed by atoms with Crippen LogP contribution in [0.3, 0.4) is 0 Å². The Bertz CT molecular complexity index is 732. The number of sulfonamides is 1. The first-order valence-electron chi connectivity index (χ1n) is 10.1. The minimum absolute atomic E-state index is 0. The lowest BCUT2D eigenvalue weighted by Crippen LogP contribution is -2.45. The summed E-state index contributed by atoms with van der Waals surface area (Å²) in [6.07, 6.45) is 7.06. The Morgan fingerprint density at radius 1 is 1.00 bits per heavy atom. The molecule has 1 amide bonds. The number of nitrogens with zero attached hydrogens (tertiary/aromatic N) is 2. The fourth-order valence-corrected chi connectivity index (χ4v) is 5.42. The summed E-state index contributed by atoms with van der Waals surface area (Å²) >= 11 is 0. The molecule has 3 rings (SSSR count). The lowest BCUT2D eigenvalue weighted by atomic mass is 10.0. The average Bonchev–Trinajstić information content (AvgIpc) is 2.96. The number of benzene rings is 1. The Kier molecular flexibility index (Phi) is 8.74. The van der Waals surface area contributed by atoms with Crippen LogP contribution in [0.5, 0.6) is 0 Å². The fourth-order valence-electron chi connectivity index (χ4n) is 3.91. The summed E-state index contributed by atoms with van der Waals surface area (Å²) < 4.78 is 27.2. The van der Waals surface area contributed by atoms with Crippen molar-refractivity contribution in [2.75, 3.05) is 26.2 Å². The molecule has 2 heterocycles. The first-order valence-corrected chi connectivity index (χ1v) is 11.5. The van der Waals surface area contributed by atoms with Gasteiger partial charge in [0.1, 0.15) is 0 Å². The number of rotatable bonds is 5. The number of hydrogen-bond donors (Lipinski definition) is 1. The molecule has 2 aliphatic rings. The molecule has 0 radical (unpaired) electrons. The molecule has 1 unspecified atom stereocenters. The van der Waals surface area contributed by atoms with Crippen molar-refractivity contribution >= 4 is 28.3 Å². The summed E-state index contributed by atoms with van der Waals surface area (Å²) in [6.45, 7) is 2.65. The number of piperidine rings is 1. The van der Waals surface area contributed by atoms with Gasteiger partial charge in [0, 0.05) is 38.6 Å². The topological polar surface area (TPSA) is 83.7 Å². The van der Waals surface area contributed by atoms with Gasteiger partial charge in [-0.1, -0.05) is 25.0 Å². The molecule has 2 saturated heterocycles. The molecule has 2 fully saturated rings. The number of aryl methyl sites for hydroxylation is 1. The smallest absolute Gasteiger partial charge is 0.243 e. The third kappa shape index (κ3) is 5.92. The molecule has 2 N–H and O–H groups in total. The maximum absolute atomic E-state index is 12.8. The van der Waals surface area contributed by atoms with Crippen molar-refractivity contribution in [3.05, 3.63) is 29.8 Å². The van der Waals surface area contributed by atoms with E-state index in [1.807, 2.05) is 17.0 Å². The van der Waals surface area contributed by atoms with E-state index in [1.54, 1.807) is 16.4 Å². The molecule has 6 nitrogen and oxygen atoms in total. The van der Waals surface area contributed by atoms with E-state index < -0.39 is 10.0 Å². The SMILES string of the molecule is Cl.NC1CCCN(C(=O)CCc2ccc(S(=O)(=O)N3CCCCCC3)cc2)C1. The van der Waals surface area contributed by atoms with Gasteiger partial charge < -0.3 is 10.6 Å². The maximum Gasteiger partial charge on any atom is 0.243 e. The van der Waals surface area contributed by atoms with Gasteiger partial charge in [0.05, 0.1) is 4.90 Å². The lowest BCUT2D eigenvalue weighted by Gasteiger charge is -2.30. The summed E-state index contributed by atoms with van der Waals surface area (Å²) in [7, 11) is -3.41. The third-order valence-electron chi connectivity index (χ3n) is 5.56. The minimum atomic E-state index is -3.41. The second kappa shape index (κ2) is 10.6. The summed E-state index contributed by atoms with van der Waals surface area (Å²) in [5, 5.41) is 0. The van der Waals surface area contributed by atoms with Gasteiger partial charge in [0.15, 0.2) is 0 Å². The highest BCUT2D eigenvalue weighted by atomic mass is 35.5. The average molecular weight is 430 g/mol. The van der Waals surface area contributed by atoms with Crippen LogP contribution in [-0.4, -0.2) is 55.8 Å². The molecule has 28 heavy (non-hydrogen) atoms. The van der Waals surface area contributed by atoms with Crippen LogP contribution in [0.4, 0.5) is 0 Å². The van der Waals surface area contributed by atoms with E-state index in [4.69, 9.17) is 5.73 Å². The Hall–Kier alpha value is -1.15. The van der Waals surface area contributed by atoms with Gasteiger partial charge in [0.25, 0.3) is 0 Å². The predicted octanol–water partition coefficient (Wildman–Crippen LogP) is 2.56. The van der Waals surface area contributed by atoms with Crippen molar-refractivity contribution in [1.29, 1.82) is 0 Å². The van der Waals surface area contributed by atoms with Gasteiger partial charge in [-0.3, -0.25) is 4.79 Å². The second-order valence-electron chi connectivity index (χ2n) is 7.70. The molecule has 1 aromatic rings. The summed E-state index contributed by atoms with van der Waals surface area (Å²) in [5.74, 6) is 0.131. The van der Waals surface area contributed by atoms with Gasteiger partial charge >= 0.3 is 0 Å². The standard InChI is InChI=1S/C20H31N3O3S.ClH/c21-18-6-5-13-22(16-18)20(24)12-9-17-7-10-19(11-8-17)27(25,26)23-14-3-1-2-4-15-23;/h7-8,10-11,18H,1-6,9,12-16,21H2;1H.